The van der Waals surface area contributed by atoms with Crippen molar-refractivity contribution in [3.05, 3.63) is 0 Å². The Kier molecular flexibility index (Phi) is 3.85. The number of hydrogen-bond acceptors (Lipinski definition) is 3. The van der Waals surface area contributed by atoms with E-state index in [2.05, 4.69) is 0 Å². The smallest absolute Gasteiger partial charge is 0.311 e. The lowest BCUT2D eigenvalue weighted by atomic mass is 9.83. The first-order valence-corrected chi connectivity index (χ1v) is 7.01. The van der Waals surface area contributed by atoms with Gasteiger partial charge in [0.05, 0.1) is 5.41 Å². The molecule has 5 heteroatoms. The van der Waals surface area contributed by atoms with Crippen LogP contribution in [0.1, 0.15) is 45.4 Å². The lowest BCUT2D eigenvalue weighted by Gasteiger charge is -2.37. The van der Waals surface area contributed by atoms with Crippen LogP contribution in [0.3, 0.4) is 0 Å². The van der Waals surface area contributed by atoms with Gasteiger partial charge in [-0.3, -0.25) is 9.59 Å². The van der Waals surface area contributed by atoms with Crippen LogP contribution in [0, 0.1) is 5.41 Å². The van der Waals surface area contributed by atoms with Crippen molar-refractivity contribution in [2.24, 2.45) is 5.41 Å². The van der Waals surface area contributed by atoms with Gasteiger partial charge in [-0.15, -0.1) is 0 Å². The van der Waals surface area contributed by atoms with Gasteiger partial charge in [0.15, 0.2) is 0 Å². The molecule has 2 fully saturated rings. The third kappa shape index (κ3) is 2.48. The summed E-state index contributed by atoms with van der Waals surface area (Å²) in [5, 5.41) is 9.23. The van der Waals surface area contributed by atoms with Crippen LogP contribution < -0.4 is 0 Å². The van der Waals surface area contributed by atoms with E-state index >= 15 is 0 Å². The van der Waals surface area contributed by atoms with Crippen molar-refractivity contribution < 1.29 is 19.4 Å². The molecule has 0 aromatic rings. The molecule has 1 saturated heterocycles. The molecular weight excluding hydrogens is 246 g/mol. The fraction of sp³-hybridized carbons (Fsp3) is 0.857. The Morgan fingerprint density at radius 1 is 1.16 bits per heavy atom. The molecule has 19 heavy (non-hydrogen) atoms. The van der Waals surface area contributed by atoms with Crippen molar-refractivity contribution in [1.29, 1.82) is 0 Å². The van der Waals surface area contributed by atoms with Crippen molar-refractivity contribution in [2.45, 2.75) is 51.0 Å². The lowest BCUT2D eigenvalue weighted by molar-refractivity contribution is -0.159. The molecule has 0 bridgehead atoms. The summed E-state index contributed by atoms with van der Waals surface area (Å²) >= 11 is 0. The van der Waals surface area contributed by atoms with Gasteiger partial charge >= 0.3 is 5.97 Å². The van der Waals surface area contributed by atoms with E-state index in [1.54, 1.807) is 18.9 Å². The van der Waals surface area contributed by atoms with Crippen LogP contribution in [0.2, 0.25) is 0 Å². The maximum absolute atomic E-state index is 12.7. The summed E-state index contributed by atoms with van der Waals surface area (Å²) in [4.78, 5) is 25.6. The highest BCUT2D eigenvalue weighted by molar-refractivity contribution is 5.87. The fourth-order valence-electron chi connectivity index (χ4n) is 3.23. The van der Waals surface area contributed by atoms with Crippen molar-refractivity contribution in [1.82, 2.24) is 4.90 Å². The third-order valence-electron chi connectivity index (χ3n) is 4.72. The van der Waals surface area contributed by atoms with E-state index in [9.17, 15) is 14.7 Å². The highest BCUT2D eigenvalue weighted by Gasteiger charge is 2.48. The quantitative estimate of drug-likeness (QED) is 0.846. The zero-order chi connectivity index (χ0) is 14.1. The van der Waals surface area contributed by atoms with Gasteiger partial charge in [0.25, 0.3) is 5.91 Å². The predicted octanol–water partition coefficient (Wildman–Crippen LogP) is 1.66. The molecule has 2 aliphatic rings. The minimum absolute atomic E-state index is 0.0142. The number of carbonyl (C=O) groups excluding carboxylic acids is 1. The van der Waals surface area contributed by atoms with E-state index in [1.165, 1.54) is 0 Å². The van der Waals surface area contributed by atoms with Crippen LogP contribution in [0.25, 0.3) is 0 Å². The Morgan fingerprint density at radius 2 is 1.79 bits per heavy atom. The maximum atomic E-state index is 12.7. The molecule has 5 nitrogen and oxygen atoms in total. The van der Waals surface area contributed by atoms with E-state index < -0.39 is 17.0 Å². The number of aliphatic carboxylic acids is 1. The zero-order valence-corrected chi connectivity index (χ0v) is 11.8. The number of amides is 1. The molecule has 2 rings (SSSR count). The zero-order valence-electron chi connectivity index (χ0n) is 11.8. The average Bonchev–Trinajstić information content (AvgIpc) is 2.83. The molecule has 0 spiro atoms. The highest BCUT2D eigenvalue weighted by Crippen LogP contribution is 2.37. The second kappa shape index (κ2) is 5.12. The van der Waals surface area contributed by atoms with Crippen LogP contribution in [-0.4, -0.2) is 47.7 Å². The van der Waals surface area contributed by atoms with Gasteiger partial charge < -0.3 is 14.7 Å². The third-order valence-corrected chi connectivity index (χ3v) is 4.72. The number of nitrogens with zero attached hydrogens (tertiary/aromatic N) is 1. The number of rotatable bonds is 3. The largest absolute Gasteiger partial charge is 0.481 e. The molecule has 1 saturated carbocycles. The summed E-state index contributed by atoms with van der Waals surface area (Å²) in [5.41, 5.74) is -1.51. The first-order valence-electron chi connectivity index (χ1n) is 7.01. The van der Waals surface area contributed by atoms with Gasteiger partial charge in [0.2, 0.25) is 0 Å². The second-order valence-corrected chi connectivity index (χ2v) is 6.10. The molecule has 0 aromatic heterocycles. The van der Waals surface area contributed by atoms with Gasteiger partial charge in [-0.25, -0.2) is 0 Å². The van der Waals surface area contributed by atoms with Crippen molar-refractivity contribution >= 4 is 11.9 Å². The van der Waals surface area contributed by atoms with Gasteiger partial charge in [0.1, 0.15) is 5.60 Å². The minimum atomic E-state index is -0.821. The summed E-state index contributed by atoms with van der Waals surface area (Å²) in [7, 11) is 1.59. The SMILES string of the molecule is COC1(C(=O)N2CCC(C)(C(=O)O)C2)CCCCC1. The molecule has 0 radical (unpaired) electrons. The van der Waals surface area contributed by atoms with Gasteiger partial charge in [0, 0.05) is 20.2 Å². The Balaban J connectivity index is 2.10. The van der Waals surface area contributed by atoms with Crippen LogP contribution >= 0.6 is 0 Å². The first kappa shape index (κ1) is 14.3. The molecule has 108 valence electrons. The second-order valence-electron chi connectivity index (χ2n) is 6.10. The van der Waals surface area contributed by atoms with Crippen LogP contribution in [0.4, 0.5) is 0 Å². The molecule has 1 amide bonds. The van der Waals surface area contributed by atoms with Crippen LogP contribution in [-0.2, 0) is 14.3 Å². The summed E-state index contributed by atoms with van der Waals surface area (Å²) in [6.07, 6.45) is 5.18. The van der Waals surface area contributed by atoms with Crippen LogP contribution in [0.5, 0.6) is 0 Å². The van der Waals surface area contributed by atoms with Crippen LogP contribution in [0.15, 0.2) is 0 Å². The van der Waals surface area contributed by atoms with E-state index in [4.69, 9.17) is 4.74 Å². The topological polar surface area (TPSA) is 66.8 Å². The van der Waals surface area contributed by atoms with E-state index in [-0.39, 0.29) is 5.91 Å². The molecule has 1 aliphatic carbocycles. The minimum Gasteiger partial charge on any atom is -0.481 e. The van der Waals surface area contributed by atoms with Crippen molar-refractivity contribution in [3.63, 3.8) is 0 Å². The van der Waals surface area contributed by atoms with E-state index in [0.29, 0.717) is 19.5 Å². The lowest BCUT2D eigenvalue weighted by Crippen LogP contribution is -2.51. The molecule has 0 aromatic carbocycles. The average molecular weight is 269 g/mol. The summed E-state index contributed by atoms with van der Waals surface area (Å²) in [6, 6.07) is 0. The summed E-state index contributed by atoms with van der Waals surface area (Å²) in [6.45, 7) is 2.53. The van der Waals surface area contributed by atoms with E-state index in [1.807, 2.05) is 0 Å². The highest BCUT2D eigenvalue weighted by atomic mass is 16.5. The molecule has 1 aliphatic heterocycles. The van der Waals surface area contributed by atoms with Crippen molar-refractivity contribution in [3.8, 4) is 0 Å². The van der Waals surface area contributed by atoms with Gasteiger partial charge in [-0.05, 0) is 26.2 Å². The Bertz CT molecular complexity index is 376. The first-order chi connectivity index (χ1) is 8.93. The Morgan fingerprint density at radius 3 is 2.26 bits per heavy atom. The number of carboxylic acid groups (broad SMARTS) is 1. The Labute approximate surface area is 113 Å². The molecular formula is C14H23NO4. The number of carbonyl (C=O) groups is 2. The monoisotopic (exact) mass is 269 g/mol. The summed E-state index contributed by atoms with van der Waals surface area (Å²) < 4.78 is 5.54. The fourth-order valence-corrected chi connectivity index (χ4v) is 3.23. The standard InChI is InChI=1S/C14H23NO4/c1-13(12(17)18)8-9-15(10-13)11(16)14(19-2)6-4-3-5-7-14/h3-10H2,1-2H3,(H,17,18). The molecule has 1 atom stereocenters. The number of likely N-dealkylation sites (tertiary alicyclic amines) is 1. The number of carboxylic acids is 1. The Hall–Kier alpha value is -1.10. The molecule has 1 N–H and O–H groups in total. The number of methoxy groups -OCH3 is 1. The van der Waals surface area contributed by atoms with Gasteiger partial charge in [-0.2, -0.15) is 0 Å². The van der Waals surface area contributed by atoms with E-state index in [0.717, 1.165) is 32.1 Å². The van der Waals surface area contributed by atoms with Crippen molar-refractivity contribution in [2.75, 3.05) is 20.2 Å². The number of hydrogen-bond donors (Lipinski definition) is 1. The predicted molar refractivity (Wildman–Crippen MR) is 69.8 cm³/mol. The maximum Gasteiger partial charge on any atom is 0.311 e. The number of ether oxygens (including phenoxy) is 1. The normalized spacial score (nSPS) is 30.3. The molecule has 1 heterocycles. The molecule has 1 unspecified atom stereocenters. The summed E-state index contributed by atoms with van der Waals surface area (Å²) in [5.74, 6) is -0.836. The van der Waals surface area contributed by atoms with Gasteiger partial charge in [-0.1, -0.05) is 19.3 Å².